The van der Waals surface area contributed by atoms with Crippen molar-refractivity contribution in [3.05, 3.63) is 0 Å². The molecule has 1 aliphatic carbocycles. The lowest BCUT2D eigenvalue weighted by Crippen LogP contribution is -2.40. The molecule has 0 radical (unpaired) electrons. The first kappa shape index (κ1) is 15.3. The average molecular weight is 269 g/mol. The van der Waals surface area contributed by atoms with Gasteiger partial charge in [-0.2, -0.15) is 0 Å². The zero-order valence-corrected chi connectivity index (χ0v) is 12.8. The number of ether oxygens (including phenoxy) is 2. The van der Waals surface area contributed by atoms with Crippen LogP contribution in [0.5, 0.6) is 0 Å². The summed E-state index contributed by atoms with van der Waals surface area (Å²) < 4.78 is 11.6. The Balaban J connectivity index is 1.81. The van der Waals surface area contributed by atoms with Crippen LogP contribution in [0.1, 0.15) is 46.5 Å². The largest absolute Gasteiger partial charge is 0.381 e. The van der Waals surface area contributed by atoms with Crippen molar-refractivity contribution >= 4 is 0 Å². The van der Waals surface area contributed by atoms with Gasteiger partial charge in [-0.25, -0.2) is 0 Å². The van der Waals surface area contributed by atoms with E-state index in [0.29, 0.717) is 30.5 Å². The molecule has 3 heteroatoms. The zero-order chi connectivity index (χ0) is 13.8. The standard InChI is InChI=1S/C16H31NO2/c1-11(2)14-5-4-12(3)8-16(14)19-10-15(17)13-6-7-18-9-13/h11-16H,4-10,17H2,1-3H3. The van der Waals surface area contributed by atoms with Gasteiger partial charge in [-0.05, 0) is 37.0 Å². The summed E-state index contributed by atoms with van der Waals surface area (Å²) >= 11 is 0. The van der Waals surface area contributed by atoms with E-state index in [1.54, 1.807) is 0 Å². The van der Waals surface area contributed by atoms with Gasteiger partial charge in [0, 0.05) is 18.6 Å². The van der Waals surface area contributed by atoms with Crippen molar-refractivity contribution in [2.45, 2.75) is 58.6 Å². The zero-order valence-electron chi connectivity index (χ0n) is 12.8. The van der Waals surface area contributed by atoms with Crippen LogP contribution in [0, 0.1) is 23.7 Å². The number of hydrogen-bond donors (Lipinski definition) is 1. The van der Waals surface area contributed by atoms with E-state index in [9.17, 15) is 0 Å². The Morgan fingerprint density at radius 3 is 2.68 bits per heavy atom. The summed E-state index contributed by atoms with van der Waals surface area (Å²) in [5, 5.41) is 0. The minimum Gasteiger partial charge on any atom is -0.381 e. The highest BCUT2D eigenvalue weighted by Gasteiger charge is 2.32. The molecule has 2 fully saturated rings. The molecule has 2 rings (SSSR count). The summed E-state index contributed by atoms with van der Waals surface area (Å²) in [5.74, 6) is 2.72. The van der Waals surface area contributed by atoms with E-state index in [-0.39, 0.29) is 6.04 Å². The predicted molar refractivity (Wildman–Crippen MR) is 78.0 cm³/mol. The van der Waals surface area contributed by atoms with Gasteiger partial charge in [-0.3, -0.25) is 0 Å². The van der Waals surface area contributed by atoms with E-state index in [0.717, 1.165) is 25.6 Å². The Kier molecular flexibility index (Phi) is 5.67. The molecule has 0 spiro atoms. The summed E-state index contributed by atoms with van der Waals surface area (Å²) in [6.07, 6.45) is 5.38. The summed E-state index contributed by atoms with van der Waals surface area (Å²) in [7, 11) is 0. The van der Waals surface area contributed by atoms with Crippen LogP contribution in [0.4, 0.5) is 0 Å². The maximum Gasteiger partial charge on any atom is 0.0625 e. The van der Waals surface area contributed by atoms with Crippen molar-refractivity contribution in [1.82, 2.24) is 0 Å². The summed E-state index contributed by atoms with van der Waals surface area (Å²) in [6, 6.07) is 0.146. The maximum absolute atomic E-state index is 6.25. The van der Waals surface area contributed by atoms with Crippen LogP contribution >= 0.6 is 0 Å². The van der Waals surface area contributed by atoms with E-state index in [4.69, 9.17) is 15.2 Å². The summed E-state index contributed by atoms with van der Waals surface area (Å²) in [4.78, 5) is 0. The van der Waals surface area contributed by atoms with Gasteiger partial charge in [-0.1, -0.05) is 27.2 Å². The Bertz CT molecular complexity index is 263. The van der Waals surface area contributed by atoms with Gasteiger partial charge in [0.1, 0.15) is 0 Å². The third kappa shape index (κ3) is 4.17. The molecule has 112 valence electrons. The van der Waals surface area contributed by atoms with E-state index >= 15 is 0 Å². The molecular weight excluding hydrogens is 238 g/mol. The van der Waals surface area contributed by atoms with E-state index in [1.807, 2.05) is 0 Å². The lowest BCUT2D eigenvalue weighted by Gasteiger charge is -2.38. The predicted octanol–water partition coefficient (Wildman–Crippen LogP) is 2.83. The van der Waals surface area contributed by atoms with Gasteiger partial charge in [0.15, 0.2) is 0 Å². The first-order chi connectivity index (χ1) is 9.08. The van der Waals surface area contributed by atoms with E-state index < -0.39 is 0 Å². The molecular formula is C16H31NO2. The molecule has 0 aromatic carbocycles. The van der Waals surface area contributed by atoms with Gasteiger partial charge in [0.05, 0.1) is 19.3 Å². The first-order valence-electron chi connectivity index (χ1n) is 8.02. The molecule has 0 bridgehead atoms. The molecule has 0 aromatic heterocycles. The van der Waals surface area contributed by atoms with Crippen molar-refractivity contribution in [2.75, 3.05) is 19.8 Å². The third-order valence-corrected chi connectivity index (χ3v) is 5.03. The lowest BCUT2D eigenvalue weighted by atomic mass is 9.75. The van der Waals surface area contributed by atoms with Crippen molar-refractivity contribution < 1.29 is 9.47 Å². The van der Waals surface area contributed by atoms with Crippen LogP contribution in [-0.4, -0.2) is 32.0 Å². The van der Waals surface area contributed by atoms with Crippen LogP contribution < -0.4 is 5.73 Å². The molecule has 2 aliphatic rings. The maximum atomic E-state index is 6.25. The molecule has 3 nitrogen and oxygen atoms in total. The minimum atomic E-state index is 0.146. The Labute approximate surface area is 118 Å². The molecule has 1 saturated carbocycles. The average Bonchev–Trinajstić information content (AvgIpc) is 2.89. The Morgan fingerprint density at radius 2 is 2.05 bits per heavy atom. The smallest absolute Gasteiger partial charge is 0.0625 e. The molecule has 5 atom stereocenters. The quantitative estimate of drug-likeness (QED) is 0.834. The second-order valence-corrected chi connectivity index (χ2v) is 6.99. The fraction of sp³-hybridized carbons (Fsp3) is 1.00. The molecule has 0 aromatic rings. The molecule has 1 saturated heterocycles. The monoisotopic (exact) mass is 269 g/mol. The van der Waals surface area contributed by atoms with Crippen LogP contribution in [0.25, 0.3) is 0 Å². The van der Waals surface area contributed by atoms with Crippen molar-refractivity contribution in [3.63, 3.8) is 0 Å². The highest BCUT2D eigenvalue weighted by Crippen LogP contribution is 2.35. The number of rotatable bonds is 5. The Morgan fingerprint density at radius 1 is 1.26 bits per heavy atom. The number of nitrogens with two attached hydrogens (primary N) is 1. The molecule has 1 heterocycles. The van der Waals surface area contributed by atoms with Gasteiger partial charge >= 0.3 is 0 Å². The summed E-state index contributed by atoms with van der Waals surface area (Å²) in [5.41, 5.74) is 6.25. The van der Waals surface area contributed by atoms with Gasteiger partial charge in [0.25, 0.3) is 0 Å². The Hall–Kier alpha value is -0.120. The second kappa shape index (κ2) is 7.05. The van der Waals surface area contributed by atoms with Crippen molar-refractivity contribution in [1.29, 1.82) is 0 Å². The fourth-order valence-electron chi connectivity index (χ4n) is 3.57. The van der Waals surface area contributed by atoms with E-state index in [2.05, 4.69) is 20.8 Å². The summed E-state index contributed by atoms with van der Waals surface area (Å²) in [6.45, 7) is 9.38. The second-order valence-electron chi connectivity index (χ2n) is 6.99. The molecule has 0 amide bonds. The minimum absolute atomic E-state index is 0.146. The van der Waals surface area contributed by atoms with Crippen molar-refractivity contribution in [2.24, 2.45) is 29.4 Å². The molecule has 5 unspecified atom stereocenters. The normalized spacial score (nSPS) is 37.7. The highest BCUT2D eigenvalue weighted by molar-refractivity contribution is 4.83. The van der Waals surface area contributed by atoms with Gasteiger partial charge < -0.3 is 15.2 Å². The first-order valence-corrected chi connectivity index (χ1v) is 8.02. The van der Waals surface area contributed by atoms with Gasteiger partial charge in [0.2, 0.25) is 0 Å². The SMILES string of the molecule is CC1CCC(C(C)C)C(OCC(N)C2CCOC2)C1. The van der Waals surface area contributed by atoms with Crippen LogP contribution in [0.3, 0.4) is 0 Å². The fourth-order valence-corrected chi connectivity index (χ4v) is 3.57. The topological polar surface area (TPSA) is 44.5 Å². The van der Waals surface area contributed by atoms with Crippen LogP contribution in [0.15, 0.2) is 0 Å². The van der Waals surface area contributed by atoms with Gasteiger partial charge in [-0.15, -0.1) is 0 Å². The van der Waals surface area contributed by atoms with Crippen molar-refractivity contribution in [3.8, 4) is 0 Å². The van der Waals surface area contributed by atoms with Crippen LogP contribution in [-0.2, 0) is 9.47 Å². The molecule has 2 N–H and O–H groups in total. The lowest BCUT2D eigenvalue weighted by molar-refractivity contribution is -0.0474. The van der Waals surface area contributed by atoms with Crippen LogP contribution in [0.2, 0.25) is 0 Å². The highest BCUT2D eigenvalue weighted by atomic mass is 16.5. The number of hydrogen-bond acceptors (Lipinski definition) is 3. The molecule has 1 aliphatic heterocycles. The van der Waals surface area contributed by atoms with E-state index in [1.165, 1.54) is 19.3 Å². The third-order valence-electron chi connectivity index (χ3n) is 5.03. The molecule has 19 heavy (non-hydrogen) atoms.